The maximum atomic E-state index is 13.6. The Bertz CT molecular complexity index is 806. The van der Waals surface area contributed by atoms with Gasteiger partial charge in [0.25, 0.3) is 0 Å². The van der Waals surface area contributed by atoms with E-state index in [0.29, 0.717) is 23.8 Å². The van der Waals surface area contributed by atoms with Crippen LogP contribution in [0.4, 0.5) is 4.39 Å². The molecule has 1 aromatic heterocycles. The van der Waals surface area contributed by atoms with Gasteiger partial charge in [-0.2, -0.15) is 0 Å². The van der Waals surface area contributed by atoms with Crippen LogP contribution < -0.4 is 5.32 Å². The highest BCUT2D eigenvalue weighted by Gasteiger charge is 2.06. The molecule has 2 aromatic carbocycles. The average Bonchev–Trinajstić information content (AvgIpc) is 2.60. The Balaban J connectivity index is 1.65. The number of hydrogen-bond acceptors (Lipinski definition) is 2. The Morgan fingerprint density at radius 1 is 0.875 bits per heavy atom. The molecule has 3 aromatic rings. The molecule has 0 unspecified atom stereocenters. The van der Waals surface area contributed by atoms with Gasteiger partial charge in [0.05, 0.1) is 0 Å². The van der Waals surface area contributed by atoms with E-state index in [-0.39, 0.29) is 5.82 Å². The minimum absolute atomic E-state index is 0.202. The molecule has 0 spiro atoms. The van der Waals surface area contributed by atoms with Crippen LogP contribution in [0.25, 0.3) is 0 Å². The van der Waals surface area contributed by atoms with E-state index in [9.17, 15) is 4.39 Å². The van der Waals surface area contributed by atoms with Gasteiger partial charge < -0.3 is 5.32 Å². The molecule has 2 nitrogen and oxygen atoms in total. The standard InChI is InChI=1S/C20H18ClFN2/c21-20-18(14-23-13-17-8-4-5-9-19(17)22)11-16(12-24-20)10-15-6-2-1-3-7-15/h1-9,11-12,23H,10,13-14H2. The van der Waals surface area contributed by atoms with E-state index in [1.54, 1.807) is 18.3 Å². The van der Waals surface area contributed by atoms with Crippen LogP contribution in [-0.2, 0) is 19.5 Å². The van der Waals surface area contributed by atoms with Crippen molar-refractivity contribution < 1.29 is 4.39 Å². The van der Waals surface area contributed by atoms with Gasteiger partial charge in [-0.1, -0.05) is 60.1 Å². The minimum Gasteiger partial charge on any atom is -0.308 e. The van der Waals surface area contributed by atoms with Crippen LogP contribution in [0, 0.1) is 5.82 Å². The van der Waals surface area contributed by atoms with Crippen LogP contribution in [0.2, 0.25) is 5.15 Å². The maximum Gasteiger partial charge on any atom is 0.133 e. The topological polar surface area (TPSA) is 24.9 Å². The van der Waals surface area contributed by atoms with Gasteiger partial charge in [0.2, 0.25) is 0 Å². The lowest BCUT2D eigenvalue weighted by molar-refractivity contribution is 0.587. The molecule has 0 aliphatic carbocycles. The maximum absolute atomic E-state index is 13.6. The fraction of sp³-hybridized carbons (Fsp3) is 0.150. The highest BCUT2D eigenvalue weighted by atomic mass is 35.5. The smallest absolute Gasteiger partial charge is 0.133 e. The normalized spacial score (nSPS) is 10.8. The molecular weight excluding hydrogens is 323 g/mol. The molecule has 122 valence electrons. The lowest BCUT2D eigenvalue weighted by Crippen LogP contribution is -2.14. The summed E-state index contributed by atoms with van der Waals surface area (Å²) in [6.07, 6.45) is 2.61. The third-order valence-corrected chi connectivity index (χ3v) is 4.15. The summed E-state index contributed by atoms with van der Waals surface area (Å²) in [6.45, 7) is 0.995. The zero-order valence-corrected chi connectivity index (χ0v) is 13.9. The molecule has 0 radical (unpaired) electrons. The Labute approximate surface area is 146 Å². The van der Waals surface area contributed by atoms with E-state index >= 15 is 0 Å². The van der Waals surface area contributed by atoms with Gasteiger partial charge in [0.15, 0.2) is 0 Å². The van der Waals surface area contributed by atoms with Crippen LogP contribution in [-0.4, -0.2) is 4.98 Å². The second kappa shape index (κ2) is 8.04. The van der Waals surface area contributed by atoms with Gasteiger partial charge in [-0.3, -0.25) is 0 Å². The molecule has 0 aliphatic rings. The molecule has 3 rings (SSSR count). The van der Waals surface area contributed by atoms with Crippen molar-refractivity contribution >= 4 is 11.6 Å². The van der Waals surface area contributed by atoms with Crippen LogP contribution >= 0.6 is 11.6 Å². The summed E-state index contributed by atoms with van der Waals surface area (Å²) in [7, 11) is 0. The number of pyridine rings is 1. The van der Waals surface area contributed by atoms with Gasteiger partial charge in [0.1, 0.15) is 11.0 Å². The SMILES string of the molecule is Fc1ccccc1CNCc1cc(Cc2ccccc2)cnc1Cl. The van der Waals surface area contributed by atoms with E-state index in [1.165, 1.54) is 11.6 Å². The number of halogens is 2. The number of benzene rings is 2. The predicted octanol–water partition coefficient (Wildman–Crippen LogP) is 4.75. The van der Waals surface area contributed by atoms with Crippen molar-refractivity contribution in [2.24, 2.45) is 0 Å². The molecular formula is C20H18ClFN2. The fourth-order valence-electron chi connectivity index (χ4n) is 2.57. The zero-order chi connectivity index (χ0) is 16.8. The lowest BCUT2D eigenvalue weighted by Gasteiger charge is -2.09. The Morgan fingerprint density at radius 3 is 2.38 bits per heavy atom. The first kappa shape index (κ1) is 16.6. The summed E-state index contributed by atoms with van der Waals surface area (Å²) in [5.74, 6) is -0.202. The number of nitrogens with one attached hydrogen (secondary N) is 1. The van der Waals surface area contributed by atoms with Crippen molar-refractivity contribution in [2.45, 2.75) is 19.5 Å². The third kappa shape index (κ3) is 4.40. The summed E-state index contributed by atoms with van der Waals surface area (Å²) >= 11 is 6.19. The minimum atomic E-state index is -0.202. The van der Waals surface area contributed by atoms with Crippen molar-refractivity contribution in [1.82, 2.24) is 10.3 Å². The molecule has 1 heterocycles. The molecule has 0 amide bonds. The number of nitrogens with zero attached hydrogens (tertiary/aromatic N) is 1. The van der Waals surface area contributed by atoms with Crippen molar-refractivity contribution in [1.29, 1.82) is 0 Å². The largest absolute Gasteiger partial charge is 0.308 e. The third-order valence-electron chi connectivity index (χ3n) is 3.81. The van der Waals surface area contributed by atoms with E-state index in [2.05, 4.69) is 28.5 Å². The van der Waals surface area contributed by atoms with Gasteiger partial charge in [-0.15, -0.1) is 0 Å². The first-order valence-corrected chi connectivity index (χ1v) is 8.21. The molecule has 4 heteroatoms. The zero-order valence-electron chi connectivity index (χ0n) is 13.2. The summed E-state index contributed by atoms with van der Waals surface area (Å²) in [4.78, 5) is 4.27. The highest BCUT2D eigenvalue weighted by Crippen LogP contribution is 2.17. The van der Waals surface area contributed by atoms with E-state index < -0.39 is 0 Å². The summed E-state index contributed by atoms with van der Waals surface area (Å²) in [6, 6.07) is 19.0. The molecule has 0 bridgehead atoms. The van der Waals surface area contributed by atoms with Crippen molar-refractivity contribution in [3.05, 3.63) is 100 Å². The van der Waals surface area contributed by atoms with Gasteiger partial charge in [-0.25, -0.2) is 9.37 Å². The second-order valence-corrected chi connectivity index (χ2v) is 6.01. The molecule has 24 heavy (non-hydrogen) atoms. The van der Waals surface area contributed by atoms with Crippen molar-refractivity contribution in [3.63, 3.8) is 0 Å². The summed E-state index contributed by atoms with van der Waals surface area (Å²) < 4.78 is 13.6. The molecule has 0 saturated carbocycles. The lowest BCUT2D eigenvalue weighted by atomic mass is 10.1. The van der Waals surface area contributed by atoms with Crippen molar-refractivity contribution in [2.75, 3.05) is 0 Å². The van der Waals surface area contributed by atoms with Gasteiger partial charge in [0, 0.05) is 30.4 Å². The fourth-order valence-corrected chi connectivity index (χ4v) is 2.74. The highest BCUT2D eigenvalue weighted by molar-refractivity contribution is 6.30. The average molecular weight is 341 g/mol. The first-order valence-electron chi connectivity index (χ1n) is 7.84. The van der Waals surface area contributed by atoms with Gasteiger partial charge in [-0.05, 0) is 29.7 Å². The molecule has 0 fully saturated rings. The van der Waals surface area contributed by atoms with Crippen molar-refractivity contribution in [3.8, 4) is 0 Å². The second-order valence-electron chi connectivity index (χ2n) is 5.65. The number of hydrogen-bond donors (Lipinski definition) is 1. The molecule has 0 atom stereocenters. The van der Waals surface area contributed by atoms with E-state index in [4.69, 9.17) is 11.6 Å². The van der Waals surface area contributed by atoms with Crippen LogP contribution in [0.5, 0.6) is 0 Å². The molecule has 1 N–H and O–H groups in total. The van der Waals surface area contributed by atoms with Crippen LogP contribution in [0.15, 0.2) is 66.9 Å². The number of aromatic nitrogens is 1. The van der Waals surface area contributed by atoms with Crippen LogP contribution in [0.1, 0.15) is 22.3 Å². The quantitative estimate of drug-likeness (QED) is 0.655. The van der Waals surface area contributed by atoms with E-state index in [1.807, 2.05) is 24.3 Å². The molecule has 0 saturated heterocycles. The monoisotopic (exact) mass is 340 g/mol. The summed E-state index contributed by atoms with van der Waals surface area (Å²) in [5.41, 5.74) is 3.89. The molecule has 0 aliphatic heterocycles. The Kier molecular flexibility index (Phi) is 5.57. The van der Waals surface area contributed by atoms with Gasteiger partial charge >= 0.3 is 0 Å². The predicted molar refractivity (Wildman–Crippen MR) is 95.4 cm³/mol. The van der Waals surface area contributed by atoms with E-state index in [0.717, 1.165) is 17.5 Å². The number of rotatable bonds is 6. The first-order chi connectivity index (χ1) is 11.7. The summed E-state index contributed by atoms with van der Waals surface area (Å²) in [5, 5.41) is 3.71. The Morgan fingerprint density at radius 2 is 1.58 bits per heavy atom. The Hall–Kier alpha value is -2.23. The van der Waals surface area contributed by atoms with Crippen LogP contribution in [0.3, 0.4) is 0 Å².